The number of rotatable bonds is 6. The highest BCUT2D eigenvalue weighted by Gasteiger charge is 2.16. The number of para-hydroxylation sites is 2. The second kappa shape index (κ2) is 9.38. The van der Waals surface area contributed by atoms with E-state index in [9.17, 15) is 14.4 Å². The Morgan fingerprint density at radius 2 is 1.69 bits per heavy atom. The van der Waals surface area contributed by atoms with Gasteiger partial charge in [0.05, 0.1) is 27.4 Å². The van der Waals surface area contributed by atoms with Crippen molar-refractivity contribution in [1.29, 1.82) is 0 Å². The first-order valence-electron chi connectivity index (χ1n) is 9.74. The largest absolute Gasteiger partial charge is 0.325 e. The minimum atomic E-state index is -0.265. The third kappa shape index (κ3) is 4.59. The molecule has 32 heavy (non-hydrogen) atoms. The van der Waals surface area contributed by atoms with Crippen molar-refractivity contribution in [3.63, 3.8) is 0 Å². The highest BCUT2D eigenvalue weighted by molar-refractivity contribution is 7.99. The van der Waals surface area contributed by atoms with Crippen LogP contribution in [0.3, 0.4) is 0 Å². The molecule has 1 amide bonds. The number of Topliss-reactive ketones (excluding diaryl/α,β-unsaturated/α-hetero) is 1. The molecule has 0 radical (unpaired) electrons. The Morgan fingerprint density at radius 1 is 1.00 bits per heavy atom. The fraction of sp³-hybridized carbons (Fsp3) is 0.0833. The van der Waals surface area contributed by atoms with Crippen molar-refractivity contribution in [2.45, 2.75) is 12.1 Å². The number of halogens is 1. The summed E-state index contributed by atoms with van der Waals surface area (Å²) >= 11 is 7.50. The summed E-state index contributed by atoms with van der Waals surface area (Å²) in [5, 5.41) is 4.02. The number of thioether (sulfide) groups is 1. The first-order valence-corrected chi connectivity index (χ1v) is 11.1. The number of hydrogen-bond donors (Lipinski definition) is 1. The van der Waals surface area contributed by atoms with E-state index in [0.29, 0.717) is 38.0 Å². The van der Waals surface area contributed by atoms with E-state index in [0.717, 1.165) is 11.8 Å². The zero-order valence-electron chi connectivity index (χ0n) is 17.0. The van der Waals surface area contributed by atoms with Gasteiger partial charge in [-0.15, -0.1) is 0 Å². The SMILES string of the molecule is CC(=O)c1ccc(NC(=O)CSc2nc3ccccc3c(=O)n2-c2ccccc2Cl)cc1. The summed E-state index contributed by atoms with van der Waals surface area (Å²) in [5.41, 5.74) is 1.94. The molecule has 0 atom stereocenters. The van der Waals surface area contributed by atoms with Gasteiger partial charge in [-0.1, -0.05) is 47.6 Å². The Bertz CT molecular complexity index is 1380. The highest BCUT2D eigenvalue weighted by atomic mass is 35.5. The molecule has 0 bridgehead atoms. The van der Waals surface area contributed by atoms with E-state index >= 15 is 0 Å². The molecule has 1 N–H and O–H groups in total. The predicted octanol–water partition coefficient (Wildman–Crippen LogP) is 4.97. The van der Waals surface area contributed by atoms with Crippen molar-refractivity contribution >= 4 is 51.6 Å². The molecule has 0 saturated heterocycles. The number of nitrogens with zero attached hydrogens (tertiary/aromatic N) is 2. The third-order valence-electron chi connectivity index (χ3n) is 4.75. The average molecular weight is 464 g/mol. The van der Waals surface area contributed by atoms with Crippen LogP contribution in [0.4, 0.5) is 5.69 Å². The number of aromatic nitrogens is 2. The highest BCUT2D eigenvalue weighted by Crippen LogP contribution is 2.25. The summed E-state index contributed by atoms with van der Waals surface area (Å²) in [5.74, 6) is -0.277. The molecule has 0 aliphatic carbocycles. The molecule has 3 aromatic carbocycles. The second-order valence-electron chi connectivity index (χ2n) is 6.97. The predicted molar refractivity (Wildman–Crippen MR) is 128 cm³/mol. The molecule has 0 saturated carbocycles. The molecule has 8 heteroatoms. The Morgan fingerprint density at radius 3 is 2.41 bits per heavy atom. The quantitative estimate of drug-likeness (QED) is 0.248. The van der Waals surface area contributed by atoms with Gasteiger partial charge in [-0.05, 0) is 55.5 Å². The molecule has 160 valence electrons. The Labute approximate surface area is 193 Å². The van der Waals surface area contributed by atoms with Crippen LogP contribution in [-0.2, 0) is 4.79 Å². The van der Waals surface area contributed by atoms with Gasteiger partial charge in [-0.3, -0.25) is 19.0 Å². The summed E-state index contributed by atoms with van der Waals surface area (Å²) in [7, 11) is 0. The van der Waals surface area contributed by atoms with Crippen LogP contribution < -0.4 is 10.9 Å². The maximum atomic E-state index is 13.2. The molecular weight excluding hydrogens is 446 g/mol. The number of fused-ring (bicyclic) bond motifs is 1. The number of carbonyl (C=O) groups is 2. The summed E-state index contributed by atoms with van der Waals surface area (Å²) in [6.45, 7) is 1.49. The smallest absolute Gasteiger partial charge is 0.266 e. The van der Waals surface area contributed by atoms with Crippen LogP contribution in [0.1, 0.15) is 17.3 Å². The number of carbonyl (C=O) groups excluding carboxylic acids is 2. The van der Waals surface area contributed by atoms with Gasteiger partial charge in [0.2, 0.25) is 5.91 Å². The van der Waals surface area contributed by atoms with Crippen molar-refractivity contribution in [2.24, 2.45) is 0 Å². The summed E-state index contributed by atoms with van der Waals surface area (Å²) < 4.78 is 1.43. The van der Waals surface area contributed by atoms with Crippen molar-refractivity contribution in [3.8, 4) is 5.69 Å². The van der Waals surface area contributed by atoms with Crippen molar-refractivity contribution < 1.29 is 9.59 Å². The van der Waals surface area contributed by atoms with E-state index in [1.807, 2.05) is 0 Å². The minimum Gasteiger partial charge on any atom is -0.325 e. The molecule has 0 fully saturated rings. The lowest BCUT2D eigenvalue weighted by atomic mass is 10.1. The van der Waals surface area contributed by atoms with E-state index in [2.05, 4.69) is 10.3 Å². The second-order valence-corrected chi connectivity index (χ2v) is 8.32. The Balaban J connectivity index is 1.63. The number of hydrogen-bond acceptors (Lipinski definition) is 5. The fourth-order valence-electron chi connectivity index (χ4n) is 3.17. The summed E-state index contributed by atoms with van der Waals surface area (Å²) in [4.78, 5) is 41.8. The van der Waals surface area contributed by atoms with Crippen molar-refractivity contribution in [1.82, 2.24) is 9.55 Å². The number of benzene rings is 3. The summed E-state index contributed by atoms with van der Waals surface area (Å²) in [6, 6.07) is 20.7. The van der Waals surface area contributed by atoms with Crippen molar-refractivity contribution in [2.75, 3.05) is 11.1 Å². The van der Waals surface area contributed by atoms with Gasteiger partial charge in [-0.2, -0.15) is 0 Å². The molecular formula is C24H18ClN3O3S. The number of anilines is 1. The molecule has 6 nitrogen and oxygen atoms in total. The summed E-state index contributed by atoms with van der Waals surface area (Å²) in [6.07, 6.45) is 0. The van der Waals surface area contributed by atoms with Crippen LogP contribution in [0.5, 0.6) is 0 Å². The maximum Gasteiger partial charge on any atom is 0.266 e. The topological polar surface area (TPSA) is 81.1 Å². The van der Waals surface area contributed by atoms with E-state index in [4.69, 9.17) is 11.6 Å². The minimum absolute atomic E-state index is 0.0314. The first-order chi connectivity index (χ1) is 15.4. The number of amides is 1. The molecule has 1 heterocycles. The van der Waals surface area contributed by atoms with Gasteiger partial charge in [0.15, 0.2) is 10.9 Å². The molecule has 4 aromatic rings. The molecule has 0 unspecified atom stereocenters. The van der Waals surface area contributed by atoms with Crippen LogP contribution in [0.2, 0.25) is 5.02 Å². The molecule has 4 rings (SSSR count). The molecule has 0 aliphatic heterocycles. The Hall–Kier alpha value is -3.42. The lowest BCUT2D eigenvalue weighted by molar-refractivity contribution is -0.113. The van der Waals surface area contributed by atoms with Gasteiger partial charge >= 0.3 is 0 Å². The van der Waals surface area contributed by atoms with Crippen LogP contribution in [0.25, 0.3) is 16.6 Å². The average Bonchev–Trinajstić information content (AvgIpc) is 2.79. The third-order valence-corrected chi connectivity index (χ3v) is 6.00. The van der Waals surface area contributed by atoms with Crippen LogP contribution in [0, 0.1) is 0 Å². The standard InChI is InChI=1S/C24H18ClN3O3S/c1-15(29)16-10-12-17(13-11-16)26-22(30)14-32-24-27-20-8-4-2-6-18(20)23(31)28(24)21-9-5-3-7-19(21)25/h2-13H,14H2,1H3,(H,26,30). The number of ketones is 1. The van der Waals surface area contributed by atoms with Crippen LogP contribution in [0.15, 0.2) is 82.7 Å². The lowest BCUT2D eigenvalue weighted by Crippen LogP contribution is -2.23. The Kier molecular flexibility index (Phi) is 6.39. The zero-order valence-corrected chi connectivity index (χ0v) is 18.6. The van der Waals surface area contributed by atoms with E-state index in [1.165, 1.54) is 11.5 Å². The van der Waals surface area contributed by atoms with Gasteiger partial charge in [-0.25, -0.2) is 4.98 Å². The van der Waals surface area contributed by atoms with Gasteiger partial charge < -0.3 is 5.32 Å². The van der Waals surface area contributed by atoms with Crippen molar-refractivity contribution in [3.05, 3.63) is 93.7 Å². The van der Waals surface area contributed by atoms with E-state index in [-0.39, 0.29) is 23.0 Å². The van der Waals surface area contributed by atoms with Gasteiger partial charge in [0, 0.05) is 11.3 Å². The first kappa shape index (κ1) is 21.8. The van der Waals surface area contributed by atoms with Crippen LogP contribution in [-0.4, -0.2) is 27.0 Å². The van der Waals surface area contributed by atoms with Gasteiger partial charge in [0.25, 0.3) is 5.56 Å². The number of nitrogens with one attached hydrogen (secondary N) is 1. The van der Waals surface area contributed by atoms with E-state index in [1.54, 1.807) is 72.8 Å². The van der Waals surface area contributed by atoms with E-state index < -0.39 is 0 Å². The maximum absolute atomic E-state index is 13.2. The molecule has 0 aliphatic rings. The molecule has 1 aromatic heterocycles. The molecule has 0 spiro atoms. The lowest BCUT2D eigenvalue weighted by Gasteiger charge is -2.14. The van der Waals surface area contributed by atoms with Crippen LogP contribution >= 0.6 is 23.4 Å². The fourth-order valence-corrected chi connectivity index (χ4v) is 4.20. The normalized spacial score (nSPS) is 10.8. The zero-order chi connectivity index (χ0) is 22.7. The monoisotopic (exact) mass is 463 g/mol. The van der Waals surface area contributed by atoms with Gasteiger partial charge in [0.1, 0.15) is 0 Å².